The van der Waals surface area contributed by atoms with E-state index in [2.05, 4.69) is 4.98 Å². The van der Waals surface area contributed by atoms with Crippen LogP contribution in [-0.2, 0) is 9.53 Å². The van der Waals surface area contributed by atoms with Crippen LogP contribution in [0.1, 0.15) is 23.3 Å². The van der Waals surface area contributed by atoms with Crippen molar-refractivity contribution in [3.8, 4) is 0 Å². The predicted octanol–water partition coefficient (Wildman–Crippen LogP) is 1.95. The molecule has 20 heavy (non-hydrogen) atoms. The number of carbonyl (C=O) groups excluding carboxylic acids is 2. The van der Waals surface area contributed by atoms with Crippen LogP contribution in [0.3, 0.4) is 0 Å². The van der Waals surface area contributed by atoms with Crippen LogP contribution in [0.4, 0.5) is 0 Å². The Morgan fingerprint density at radius 2 is 2.15 bits per heavy atom. The van der Waals surface area contributed by atoms with Gasteiger partial charge in [0.05, 0.1) is 7.11 Å². The number of aromatic amines is 1. The summed E-state index contributed by atoms with van der Waals surface area (Å²) in [6.07, 6.45) is 1.49. The number of nitrogens with one attached hydrogen (secondary N) is 1. The Labute approximate surface area is 116 Å². The molecule has 2 aromatic rings. The minimum atomic E-state index is -0.459. The number of fused-ring (bicyclic) bond motifs is 1. The molecular weight excluding hydrogens is 256 g/mol. The fourth-order valence-electron chi connectivity index (χ4n) is 2.73. The predicted molar refractivity (Wildman–Crippen MR) is 74.4 cm³/mol. The summed E-state index contributed by atoms with van der Waals surface area (Å²) in [6, 6.07) is 9.08. The molecule has 0 radical (unpaired) electrons. The molecule has 0 aliphatic carbocycles. The minimum Gasteiger partial charge on any atom is -0.467 e. The zero-order chi connectivity index (χ0) is 14.1. The molecule has 1 amide bonds. The zero-order valence-corrected chi connectivity index (χ0v) is 11.3. The Bertz CT molecular complexity index is 629. The molecular formula is C15H16N2O3. The monoisotopic (exact) mass is 272 g/mol. The first-order valence-electron chi connectivity index (χ1n) is 6.67. The number of H-pyrrole nitrogens is 1. The van der Waals surface area contributed by atoms with Crippen LogP contribution >= 0.6 is 0 Å². The largest absolute Gasteiger partial charge is 0.467 e. The molecule has 2 heterocycles. The van der Waals surface area contributed by atoms with E-state index in [-0.39, 0.29) is 11.9 Å². The van der Waals surface area contributed by atoms with Gasteiger partial charge in [-0.25, -0.2) is 4.79 Å². The molecule has 0 spiro atoms. The van der Waals surface area contributed by atoms with Gasteiger partial charge in [-0.1, -0.05) is 18.2 Å². The van der Waals surface area contributed by atoms with Crippen molar-refractivity contribution in [3.05, 3.63) is 36.0 Å². The van der Waals surface area contributed by atoms with Crippen LogP contribution in [0.15, 0.2) is 30.3 Å². The molecule has 5 heteroatoms. The van der Waals surface area contributed by atoms with E-state index in [1.54, 1.807) is 4.90 Å². The molecule has 0 bridgehead atoms. The van der Waals surface area contributed by atoms with Gasteiger partial charge in [0, 0.05) is 17.4 Å². The molecule has 1 aromatic carbocycles. The number of carbonyl (C=O) groups is 2. The molecule has 1 aliphatic heterocycles. The quantitative estimate of drug-likeness (QED) is 0.850. The fourth-order valence-corrected chi connectivity index (χ4v) is 2.73. The first-order chi connectivity index (χ1) is 9.70. The summed E-state index contributed by atoms with van der Waals surface area (Å²) in [7, 11) is 1.35. The van der Waals surface area contributed by atoms with Crippen molar-refractivity contribution in [1.82, 2.24) is 9.88 Å². The maximum absolute atomic E-state index is 12.5. The molecule has 104 valence electrons. The van der Waals surface area contributed by atoms with E-state index in [1.807, 2.05) is 30.3 Å². The molecule has 1 aromatic heterocycles. The van der Waals surface area contributed by atoms with Gasteiger partial charge < -0.3 is 14.6 Å². The number of hydrogen-bond donors (Lipinski definition) is 1. The van der Waals surface area contributed by atoms with Crippen LogP contribution in [0, 0.1) is 0 Å². The molecule has 1 N–H and O–H groups in total. The van der Waals surface area contributed by atoms with Crippen molar-refractivity contribution in [2.75, 3.05) is 13.7 Å². The molecule has 0 saturated carbocycles. The third-order valence-corrected chi connectivity index (χ3v) is 3.75. The normalized spacial score (nSPS) is 18.4. The standard InChI is InChI=1S/C15H16N2O3/c1-20-15(19)13-7-4-8-17(13)14(18)12-9-10-5-2-3-6-11(10)16-12/h2-3,5-6,9,13,16H,4,7-8H2,1H3/t13-/m0/s1. The number of likely N-dealkylation sites (tertiary alicyclic amines) is 1. The lowest BCUT2D eigenvalue weighted by molar-refractivity contribution is -0.145. The van der Waals surface area contributed by atoms with Crippen molar-refractivity contribution in [1.29, 1.82) is 0 Å². The second kappa shape index (κ2) is 5.00. The van der Waals surface area contributed by atoms with Gasteiger partial charge in [-0.15, -0.1) is 0 Å². The van der Waals surface area contributed by atoms with Crippen molar-refractivity contribution in [3.63, 3.8) is 0 Å². The molecule has 3 rings (SSSR count). The van der Waals surface area contributed by atoms with Gasteiger partial charge in [0.25, 0.3) is 5.91 Å². The van der Waals surface area contributed by atoms with E-state index in [0.717, 1.165) is 17.3 Å². The van der Waals surface area contributed by atoms with Crippen LogP contribution in [-0.4, -0.2) is 41.5 Å². The highest BCUT2D eigenvalue weighted by atomic mass is 16.5. The zero-order valence-electron chi connectivity index (χ0n) is 11.3. The first kappa shape index (κ1) is 12.7. The Morgan fingerprint density at radius 1 is 1.35 bits per heavy atom. The number of aromatic nitrogens is 1. The van der Waals surface area contributed by atoms with Crippen molar-refractivity contribution in [2.45, 2.75) is 18.9 Å². The summed E-state index contributed by atoms with van der Waals surface area (Å²) in [4.78, 5) is 28.9. The molecule has 1 saturated heterocycles. The van der Waals surface area contributed by atoms with E-state index >= 15 is 0 Å². The number of benzene rings is 1. The number of para-hydroxylation sites is 1. The van der Waals surface area contributed by atoms with E-state index in [1.165, 1.54) is 7.11 Å². The average molecular weight is 272 g/mol. The van der Waals surface area contributed by atoms with Crippen LogP contribution in [0.25, 0.3) is 10.9 Å². The van der Waals surface area contributed by atoms with Gasteiger partial charge >= 0.3 is 5.97 Å². The third kappa shape index (κ3) is 2.05. The second-order valence-corrected chi connectivity index (χ2v) is 4.95. The lowest BCUT2D eigenvalue weighted by atomic mass is 10.2. The minimum absolute atomic E-state index is 0.144. The summed E-state index contributed by atoms with van der Waals surface area (Å²) in [5.41, 5.74) is 1.44. The second-order valence-electron chi connectivity index (χ2n) is 4.95. The maximum atomic E-state index is 12.5. The topological polar surface area (TPSA) is 62.4 Å². The van der Waals surface area contributed by atoms with Gasteiger partial charge in [0.2, 0.25) is 0 Å². The number of amides is 1. The van der Waals surface area contributed by atoms with Gasteiger partial charge in [-0.05, 0) is 25.0 Å². The van der Waals surface area contributed by atoms with E-state index in [0.29, 0.717) is 18.7 Å². The smallest absolute Gasteiger partial charge is 0.328 e. The highest BCUT2D eigenvalue weighted by Crippen LogP contribution is 2.22. The van der Waals surface area contributed by atoms with Crippen LogP contribution < -0.4 is 0 Å². The highest BCUT2D eigenvalue weighted by molar-refractivity contribution is 6.00. The maximum Gasteiger partial charge on any atom is 0.328 e. The Morgan fingerprint density at radius 3 is 2.90 bits per heavy atom. The lowest BCUT2D eigenvalue weighted by Gasteiger charge is -2.21. The molecule has 0 unspecified atom stereocenters. The number of hydrogen-bond acceptors (Lipinski definition) is 3. The lowest BCUT2D eigenvalue weighted by Crippen LogP contribution is -2.41. The SMILES string of the molecule is COC(=O)[C@@H]1CCCN1C(=O)c1cc2ccccc2[nH]1. The Hall–Kier alpha value is -2.30. The Balaban J connectivity index is 1.89. The number of nitrogens with zero attached hydrogens (tertiary/aromatic N) is 1. The van der Waals surface area contributed by atoms with Crippen molar-refractivity contribution < 1.29 is 14.3 Å². The summed E-state index contributed by atoms with van der Waals surface area (Å²) < 4.78 is 4.77. The van der Waals surface area contributed by atoms with Gasteiger partial charge in [-0.2, -0.15) is 0 Å². The fraction of sp³-hybridized carbons (Fsp3) is 0.333. The average Bonchev–Trinajstić information content (AvgIpc) is 3.11. The number of rotatable bonds is 2. The molecule has 1 fully saturated rings. The Kier molecular flexibility index (Phi) is 3.18. The summed E-state index contributed by atoms with van der Waals surface area (Å²) >= 11 is 0. The number of ether oxygens (including phenoxy) is 1. The summed E-state index contributed by atoms with van der Waals surface area (Å²) in [5.74, 6) is -0.485. The first-order valence-corrected chi connectivity index (χ1v) is 6.67. The van der Waals surface area contributed by atoms with Crippen LogP contribution in [0.2, 0.25) is 0 Å². The number of methoxy groups -OCH3 is 1. The molecule has 1 aliphatic rings. The van der Waals surface area contributed by atoms with Crippen molar-refractivity contribution >= 4 is 22.8 Å². The van der Waals surface area contributed by atoms with E-state index in [4.69, 9.17) is 4.74 Å². The molecule has 5 nitrogen and oxygen atoms in total. The van der Waals surface area contributed by atoms with Crippen LogP contribution in [0.5, 0.6) is 0 Å². The molecule has 1 atom stereocenters. The highest BCUT2D eigenvalue weighted by Gasteiger charge is 2.35. The van der Waals surface area contributed by atoms with E-state index in [9.17, 15) is 9.59 Å². The number of esters is 1. The van der Waals surface area contributed by atoms with Gasteiger partial charge in [0.15, 0.2) is 0 Å². The van der Waals surface area contributed by atoms with Crippen molar-refractivity contribution in [2.24, 2.45) is 0 Å². The van der Waals surface area contributed by atoms with Gasteiger partial charge in [-0.3, -0.25) is 4.79 Å². The van der Waals surface area contributed by atoms with Gasteiger partial charge in [0.1, 0.15) is 11.7 Å². The summed E-state index contributed by atoms with van der Waals surface area (Å²) in [6.45, 7) is 0.591. The third-order valence-electron chi connectivity index (χ3n) is 3.75. The van der Waals surface area contributed by atoms with E-state index < -0.39 is 6.04 Å². The summed E-state index contributed by atoms with van der Waals surface area (Å²) in [5, 5.41) is 0.990.